The predicted octanol–water partition coefficient (Wildman–Crippen LogP) is 7.82. The first-order chi connectivity index (χ1) is 21.0. The van der Waals surface area contributed by atoms with Crippen LogP contribution in [0.3, 0.4) is 0 Å². The molecular weight excluding hydrogens is 621 g/mol. The predicted molar refractivity (Wildman–Crippen MR) is 176 cm³/mol. The number of anilines is 1. The smallest absolute Gasteiger partial charge is 0.335 e. The van der Waals surface area contributed by atoms with Crippen molar-refractivity contribution in [3.63, 3.8) is 0 Å². The van der Waals surface area contributed by atoms with Crippen LogP contribution < -0.4 is 9.46 Å². The van der Waals surface area contributed by atoms with E-state index in [0.717, 1.165) is 34.1 Å². The second-order valence-electron chi connectivity index (χ2n) is 9.98. The first-order valence-corrected chi connectivity index (χ1v) is 15.9. The lowest BCUT2D eigenvalue weighted by Crippen LogP contribution is -2.10. The molecule has 2 N–H and O–H groups in total. The van der Waals surface area contributed by atoms with Gasteiger partial charge in [-0.05, 0) is 70.8 Å². The summed E-state index contributed by atoms with van der Waals surface area (Å²) in [5, 5.41) is 10.2. The summed E-state index contributed by atoms with van der Waals surface area (Å²) in [5.41, 5.74) is 5.52. The van der Waals surface area contributed by atoms with E-state index in [-0.39, 0.29) is 5.56 Å². The van der Waals surface area contributed by atoms with E-state index in [1.165, 1.54) is 7.11 Å². The van der Waals surface area contributed by atoms with E-state index >= 15 is 0 Å². The Morgan fingerprint density at radius 1 is 0.955 bits per heavy atom. The Morgan fingerprint density at radius 3 is 2.30 bits per heavy atom. The van der Waals surface area contributed by atoms with Gasteiger partial charge in [-0.15, -0.1) is 0 Å². The molecule has 0 unspecified atom stereocenters. The minimum Gasteiger partial charge on any atom is -0.495 e. The number of aromatic carboxylic acids is 1. The van der Waals surface area contributed by atoms with Crippen molar-refractivity contribution in [2.75, 3.05) is 18.1 Å². The van der Waals surface area contributed by atoms with E-state index in [4.69, 9.17) is 32.9 Å². The number of carboxylic acid groups (broad SMARTS) is 1. The number of carboxylic acids is 1. The molecule has 0 atom stereocenters. The van der Waals surface area contributed by atoms with Gasteiger partial charge in [0.25, 0.3) is 0 Å². The monoisotopic (exact) mass is 647 g/mol. The maximum absolute atomic E-state index is 11.8. The topological polar surface area (TPSA) is 111 Å². The third-order valence-electron chi connectivity index (χ3n) is 6.73. The van der Waals surface area contributed by atoms with Gasteiger partial charge in [0.2, 0.25) is 10.0 Å². The summed E-state index contributed by atoms with van der Waals surface area (Å²) in [6.07, 6.45) is 6.83. The Morgan fingerprint density at radius 2 is 1.66 bits per heavy atom. The summed E-state index contributed by atoms with van der Waals surface area (Å²) in [6, 6.07) is 25.1. The van der Waals surface area contributed by atoms with Gasteiger partial charge in [-0.25, -0.2) is 18.2 Å². The minimum absolute atomic E-state index is 0.217. The fourth-order valence-electron chi connectivity index (χ4n) is 4.59. The maximum atomic E-state index is 11.8. The molecule has 0 radical (unpaired) electrons. The standard InChI is InChI=1S/C33H27Cl2N3O5S/c1-43-31-15-12-25(17-29(31)37-44(2,41)42)23-8-3-21(4-9-23)7-16-32-36-30(27-14-13-26(34)18-28(27)35)20-38(32)19-22-5-10-24(11-6-22)33(39)40/h3-18,20,37H,19H2,1-2H3,(H,39,40). The lowest BCUT2D eigenvalue weighted by molar-refractivity contribution is 0.0697. The second kappa shape index (κ2) is 13.0. The lowest BCUT2D eigenvalue weighted by atomic mass is 10.0. The first kappa shape index (κ1) is 30.9. The number of imidazole rings is 1. The largest absolute Gasteiger partial charge is 0.495 e. The van der Waals surface area contributed by atoms with Crippen molar-refractivity contribution in [3.05, 3.63) is 124 Å². The van der Waals surface area contributed by atoms with Crippen LogP contribution in [-0.2, 0) is 16.6 Å². The molecule has 0 saturated heterocycles. The zero-order chi connectivity index (χ0) is 31.4. The molecule has 0 bridgehead atoms. The zero-order valence-corrected chi connectivity index (χ0v) is 26.0. The van der Waals surface area contributed by atoms with Crippen LogP contribution in [0.2, 0.25) is 10.0 Å². The molecule has 0 aliphatic heterocycles. The van der Waals surface area contributed by atoms with Crippen molar-refractivity contribution in [2.45, 2.75) is 6.54 Å². The van der Waals surface area contributed by atoms with Crippen LogP contribution in [-0.4, -0.2) is 42.4 Å². The number of halogens is 2. The van der Waals surface area contributed by atoms with E-state index < -0.39 is 16.0 Å². The Bertz CT molecular complexity index is 1970. The molecule has 1 heterocycles. The normalized spacial score (nSPS) is 11.5. The molecule has 5 rings (SSSR count). The highest BCUT2D eigenvalue weighted by Crippen LogP contribution is 2.32. The van der Waals surface area contributed by atoms with Gasteiger partial charge in [-0.3, -0.25) is 4.72 Å². The van der Waals surface area contributed by atoms with Gasteiger partial charge in [0, 0.05) is 23.3 Å². The molecule has 4 aromatic carbocycles. The van der Waals surface area contributed by atoms with Crippen molar-refractivity contribution < 1.29 is 23.1 Å². The van der Waals surface area contributed by atoms with Crippen LogP contribution in [0.25, 0.3) is 34.5 Å². The van der Waals surface area contributed by atoms with Crippen LogP contribution in [0.15, 0.2) is 91.1 Å². The van der Waals surface area contributed by atoms with E-state index in [9.17, 15) is 18.3 Å². The molecule has 0 amide bonds. The molecule has 44 heavy (non-hydrogen) atoms. The molecule has 0 saturated carbocycles. The number of rotatable bonds is 10. The van der Waals surface area contributed by atoms with Crippen LogP contribution in [0.4, 0.5) is 5.69 Å². The highest BCUT2D eigenvalue weighted by Gasteiger charge is 2.13. The van der Waals surface area contributed by atoms with Gasteiger partial charge in [-0.1, -0.05) is 71.7 Å². The SMILES string of the molecule is COc1ccc(-c2ccc(C=Cc3nc(-c4ccc(Cl)cc4Cl)cn3Cc3ccc(C(=O)O)cc3)cc2)cc1NS(C)(=O)=O. The number of aromatic nitrogens is 2. The fourth-order valence-corrected chi connectivity index (χ4v) is 5.66. The summed E-state index contributed by atoms with van der Waals surface area (Å²) in [4.78, 5) is 16.1. The quantitative estimate of drug-likeness (QED) is 0.160. The molecule has 0 fully saturated rings. The average molecular weight is 649 g/mol. The van der Waals surface area contributed by atoms with Crippen molar-refractivity contribution in [1.29, 1.82) is 0 Å². The number of sulfonamides is 1. The van der Waals surface area contributed by atoms with Crippen LogP contribution in [0.5, 0.6) is 5.75 Å². The van der Waals surface area contributed by atoms with Crippen LogP contribution in [0, 0.1) is 0 Å². The number of hydrogen-bond donors (Lipinski definition) is 2. The molecule has 0 aliphatic rings. The molecule has 0 aliphatic carbocycles. The van der Waals surface area contributed by atoms with Crippen LogP contribution in [0.1, 0.15) is 27.3 Å². The number of carbonyl (C=O) groups is 1. The lowest BCUT2D eigenvalue weighted by Gasteiger charge is -2.12. The number of methoxy groups -OCH3 is 1. The maximum Gasteiger partial charge on any atom is 0.335 e. The fraction of sp³-hybridized carbons (Fsp3) is 0.0909. The van der Waals surface area contributed by atoms with E-state index in [1.807, 2.05) is 59.3 Å². The molecule has 1 aromatic heterocycles. The van der Waals surface area contributed by atoms with Crippen molar-refractivity contribution in [1.82, 2.24) is 9.55 Å². The van der Waals surface area contributed by atoms with Gasteiger partial charge < -0.3 is 14.4 Å². The summed E-state index contributed by atoms with van der Waals surface area (Å²) in [5.74, 6) is 0.113. The molecule has 11 heteroatoms. The highest BCUT2D eigenvalue weighted by atomic mass is 35.5. The Hall–Kier alpha value is -4.57. The highest BCUT2D eigenvalue weighted by molar-refractivity contribution is 7.92. The summed E-state index contributed by atoms with van der Waals surface area (Å²) >= 11 is 12.6. The molecule has 8 nitrogen and oxygen atoms in total. The Kier molecular flexibility index (Phi) is 9.10. The zero-order valence-electron chi connectivity index (χ0n) is 23.7. The summed E-state index contributed by atoms with van der Waals surface area (Å²) in [6.45, 7) is 0.456. The Labute approximate surface area is 265 Å². The third-order valence-corrected chi connectivity index (χ3v) is 7.87. The van der Waals surface area contributed by atoms with Gasteiger partial charge >= 0.3 is 5.97 Å². The number of ether oxygens (including phenoxy) is 1. The van der Waals surface area contributed by atoms with E-state index in [0.29, 0.717) is 39.5 Å². The second-order valence-corrected chi connectivity index (χ2v) is 12.6. The van der Waals surface area contributed by atoms with Gasteiger partial charge in [0.15, 0.2) is 0 Å². The van der Waals surface area contributed by atoms with E-state index in [1.54, 1.807) is 48.5 Å². The Balaban J connectivity index is 1.44. The number of nitrogens with one attached hydrogen (secondary N) is 1. The number of nitrogens with zero attached hydrogens (tertiary/aromatic N) is 2. The van der Waals surface area contributed by atoms with Crippen molar-refractivity contribution in [2.24, 2.45) is 0 Å². The molecule has 5 aromatic rings. The molecular formula is C33H27Cl2N3O5S. The summed E-state index contributed by atoms with van der Waals surface area (Å²) < 4.78 is 33.4. The average Bonchev–Trinajstić information content (AvgIpc) is 3.37. The van der Waals surface area contributed by atoms with E-state index in [2.05, 4.69) is 4.72 Å². The first-order valence-electron chi connectivity index (χ1n) is 13.3. The molecule has 224 valence electrons. The summed E-state index contributed by atoms with van der Waals surface area (Å²) in [7, 11) is -2.00. The third kappa shape index (κ3) is 7.49. The van der Waals surface area contributed by atoms with Crippen molar-refractivity contribution in [3.8, 4) is 28.1 Å². The van der Waals surface area contributed by atoms with Gasteiger partial charge in [-0.2, -0.15) is 0 Å². The van der Waals surface area contributed by atoms with Crippen LogP contribution >= 0.6 is 23.2 Å². The van der Waals surface area contributed by atoms with Gasteiger partial charge in [0.1, 0.15) is 11.6 Å². The minimum atomic E-state index is -3.48. The number of hydrogen-bond acceptors (Lipinski definition) is 5. The molecule has 0 spiro atoms. The van der Waals surface area contributed by atoms with Crippen molar-refractivity contribution >= 4 is 57.0 Å². The number of benzene rings is 4. The van der Waals surface area contributed by atoms with Gasteiger partial charge in [0.05, 0.1) is 35.3 Å².